The predicted molar refractivity (Wildman–Crippen MR) is 95.2 cm³/mol. The Balaban J connectivity index is 1.93. The first-order chi connectivity index (χ1) is 11.7. The van der Waals surface area contributed by atoms with Crippen molar-refractivity contribution in [3.05, 3.63) is 101 Å². The standard InChI is InChI=1S/C20H14ClNO2/c21-17-12-6-4-10-15(17)19(22)16-11-5-7-13-18(16)24-20(23)14-8-2-1-3-9-14/h1-13,22H. The Morgan fingerprint density at radius 2 is 1.38 bits per heavy atom. The molecule has 118 valence electrons. The summed E-state index contributed by atoms with van der Waals surface area (Å²) in [4.78, 5) is 12.3. The molecule has 0 fully saturated rings. The summed E-state index contributed by atoms with van der Waals surface area (Å²) in [6, 6.07) is 22.8. The zero-order chi connectivity index (χ0) is 16.9. The van der Waals surface area contributed by atoms with Crippen LogP contribution in [0.1, 0.15) is 21.5 Å². The molecule has 0 bridgehead atoms. The van der Waals surface area contributed by atoms with Gasteiger partial charge < -0.3 is 4.74 Å². The Labute approximate surface area is 145 Å². The van der Waals surface area contributed by atoms with Crippen LogP contribution in [-0.4, -0.2) is 11.7 Å². The van der Waals surface area contributed by atoms with Gasteiger partial charge in [0.15, 0.2) is 0 Å². The van der Waals surface area contributed by atoms with Crippen LogP contribution in [0.15, 0.2) is 78.9 Å². The average molecular weight is 336 g/mol. The summed E-state index contributed by atoms with van der Waals surface area (Å²) in [6.07, 6.45) is 0. The number of esters is 1. The Morgan fingerprint density at radius 1 is 0.792 bits per heavy atom. The topological polar surface area (TPSA) is 50.1 Å². The second-order valence-corrected chi connectivity index (χ2v) is 5.51. The monoisotopic (exact) mass is 335 g/mol. The van der Waals surface area contributed by atoms with Crippen molar-refractivity contribution in [2.75, 3.05) is 0 Å². The first-order valence-electron chi connectivity index (χ1n) is 7.37. The van der Waals surface area contributed by atoms with E-state index in [1.54, 1.807) is 66.7 Å². The summed E-state index contributed by atoms with van der Waals surface area (Å²) in [5, 5.41) is 8.90. The van der Waals surface area contributed by atoms with E-state index in [2.05, 4.69) is 0 Å². The highest BCUT2D eigenvalue weighted by atomic mass is 35.5. The molecule has 0 saturated heterocycles. The highest BCUT2D eigenvalue weighted by molar-refractivity contribution is 6.35. The SMILES string of the molecule is N=C(c1ccccc1Cl)c1ccccc1OC(=O)c1ccccc1. The number of nitrogens with one attached hydrogen (secondary N) is 1. The number of rotatable bonds is 4. The first kappa shape index (κ1) is 16.0. The van der Waals surface area contributed by atoms with Gasteiger partial charge in [-0.3, -0.25) is 5.41 Å². The van der Waals surface area contributed by atoms with Gasteiger partial charge in [-0.2, -0.15) is 0 Å². The van der Waals surface area contributed by atoms with Crippen molar-refractivity contribution in [3.63, 3.8) is 0 Å². The number of hydrogen-bond donors (Lipinski definition) is 1. The van der Waals surface area contributed by atoms with E-state index in [0.717, 1.165) is 0 Å². The molecular weight excluding hydrogens is 322 g/mol. The van der Waals surface area contributed by atoms with Gasteiger partial charge >= 0.3 is 5.97 Å². The third-order valence-electron chi connectivity index (χ3n) is 3.51. The maximum absolute atomic E-state index is 12.3. The van der Waals surface area contributed by atoms with Gasteiger partial charge in [-0.15, -0.1) is 0 Å². The van der Waals surface area contributed by atoms with Crippen molar-refractivity contribution in [2.45, 2.75) is 0 Å². The number of carbonyl (C=O) groups is 1. The van der Waals surface area contributed by atoms with Crippen LogP contribution >= 0.6 is 11.6 Å². The van der Waals surface area contributed by atoms with Crippen LogP contribution in [0.5, 0.6) is 5.75 Å². The molecule has 3 nitrogen and oxygen atoms in total. The van der Waals surface area contributed by atoms with Gasteiger partial charge in [0.1, 0.15) is 5.75 Å². The highest BCUT2D eigenvalue weighted by Crippen LogP contribution is 2.25. The maximum atomic E-state index is 12.3. The lowest BCUT2D eigenvalue weighted by Crippen LogP contribution is -2.12. The Bertz CT molecular complexity index is 891. The van der Waals surface area contributed by atoms with Gasteiger partial charge in [-0.25, -0.2) is 4.79 Å². The summed E-state index contributed by atoms with van der Waals surface area (Å²) in [5.41, 5.74) is 1.76. The molecule has 0 aliphatic heterocycles. The van der Waals surface area contributed by atoms with Gasteiger partial charge in [-0.1, -0.05) is 60.1 Å². The van der Waals surface area contributed by atoms with Crippen LogP contribution in [0.4, 0.5) is 0 Å². The smallest absolute Gasteiger partial charge is 0.343 e. The number of para-hydroxylation sites is 1. The molecule has 0 atom stereocenters. The lowest BCUT2D eigenvalue weighted by molar-refractivity contribution is 0.0734. The minimum absolute atomic E-state index is 0.206. The zero-order valence-electron chi connectivity index (χ0n) is 12.7. The van der Waals surface area contributed by atoms with Crippen molar-refractivity contribution in [3.8, 4) is 5.75 Å². The van der Waals surface area contributed by atoms with Crippen molar-refractivity contribution < 1.29 is 9.53 Å². The molecule has 0 unspecified atom stereocenters. The van der Waals surface area contributed by atoms with E-state index in [4.69, 9.17) is 21.7 Å². The summed E-state index contributed by atoms with van der Waals surface area (Å²) in [6.45, 7) is 0. The van der Waals surface area contributed by atoms with Crippen molar-refractivity contribution in [2.24, 2.45) is 0 Å². The molecule has 3 aromatic rings. The summed E-state index contributed by atoms with van der Waals surface area (Å²) < 4.78 is 5.49. The third kappa shape index (κ3) is 3.36. The number of benzene rings is 3. The Kier molecular flexibility index (Phi) is 4.73. The Hall–Kier alpha value is -2.91. The normalized spacial score (nSPS) is 10.2. The summed E-state index contributed by atoms with van der Waals surface area (Å²) in [5.74, 6) is -0.133. The fourth-order valence-corrected chi connectivity index (χ4v) is 2.53. The molecule has 24 heavy (non-hydrogen) atoms. The average Bonchev–Trinajstić information content (AvgIpc) is 2.63. The number of halogens is 1. The molecule has 1 N–H and O–H groups in total. The van der Waals surface area contributed by atoms with E-state index in [-0.39, 0.29) is 5.71 Å². The lowest BCUT2D eigenvalue weighted by Gasteiger charge is -2.12. The maximum Gasteiger partial charge on any atom is 0.343 e. The number of ether oxygens (including phenoxy) is 1. The molecule has 4 heteroatoms. The molecule has 0 amide bonds. The molecule has 3 aromatic carbocycles. The minimum Gasteiger partial charge on any atom is -0.422 e. The number of hydrogen-bond acceptors (Lipinski definition) is 3. The molecule has 0 aliphatic carbocycles. The van der Waals surface area contributed by atoms with Gasteiger partial charge in [-0.05, 0) is 30.3 Å². The fourth-order valence-electron chi connectivity index (χ4n) is 2.30. The van der Waals surface area contributed by atoms with Crippen molar-refractivity contribution in [1.29, 1.82) is 5.41 Å². The van der Waals surface area contributed by atoms with Crippen LogP contribution in [0.25, 0.3) is 0 Å². The molecule has 0 aromatic heterocycles. The predicted octanol–water partition coefficient (Wildman–Crippen LogP) is 4.98. The van der Waals surface area contributed by atoms with Gasteiger partial charge in [0, 0.05) is 16.1 Å². The summed E-state index contributed by atoms with van der Waals surface area (Å²) >= 11 is 6.17. The second kappa shape index (κ2) is 7.11. The van der Waals surface area contributed by atoms with Gasteiger partial charge in [0.25, 0.3) is 0 Å². The molecule has 3 rings (SSSR count). The van der Waals surface area contributed by atoms with E-state index >= 15 is 0 Å². The van der Waals surface area contributed by atoms with Crippen LogP contribution in [0.2, 0.25) is 5.02 Å². The molecule has 0 radical (unpaired) electrons. The quantitative estimate of drug-likeness (QED) is 0.415. The van der Waals surface area contributed by atoms with Crippen LogP contribution in [-0.2, 0) is 0 Å². The van der Waals surface area contributed by atoms with Crippen LogP contribution < -0.4 is 4.74 Å². The molecule has 0 aliphatic rings. The Morgan fingerprint density at radius 3 is 2.08 bits per heavy atom. The van der Waals surface area contributed by atoms with E-state index in [9.17, 15) is 4.79 Å². The van der Waals surface area contributed by atoms with Crippen molar-refractivity contribution >= 4 is 23.3 Å². The van der Waals surface area contributed by atoms with E-state index in [1.807, 2.05) is 12.1 Å². The first-order valence-corrected chi connectivity index (χ1v) is 7.74. The minimum atomic E-state index is -0.463. The zero-order valence-corrected chi connectivity index (χ0v) is 13.5. The fraction of sp³-hybridized carbons (Fsp3) is 0. The lowest BCUT2D eigenvalue weighted by atomic mass is 10.0. The van der Waals surface area contributed by atoms with Gasteiger partial charge in [0.05, 0.1) is 11.3 Å². The molecule has 0 saturated carbocycles. The van der Waals surface area contributed by atoms with Crippen molar-refractivity contribution in [1.82, 2.24) is 0 Å². The van der Waals surface area contributed by atoms with Crippen LogP contribution in [0, 0.1) is 5.41 Å². The molecular formula is C20H14ClNO2. The third-order valence-corrected chi connectivity index (χ3v) is 3.84. The van der Waals surface area contributed by atoms with Crippen LogP contribution in [0.3, 0.4) is 0 Å². The van der Waals surface area contributed by atoms with E-state index in [1.165, 1.54) is 0 Å². The second-order valence-electron chi connectivity index (χ2n) is 5.11. The molecule has 0 heterocycles. The number of carbonyl (C=O) groups excluding carboxylic acids is 1. The van der Waals surface area contributed by atoms with E-state index < -0.39 is 5.97 Å². The van der Waals surface area contributed by atoms with E-state index in [0.29, 0.717) is 27.5 Å². The largest absolute Gasteiger partial charge is 0.422 e. The molecule has 0 spiro atoms. The highest BCUT2D eigenvalue weighted by Gasteiger charge is 2.16. The van der Waals surface area contributed by atoms with Gasteiger partial charge in [0.2, 0.25) is 0 Å². The summed E-state index contributed by atoms with van der Waals surface area (Å²) in [7, 11) is 0.